The summed E-state index contributed by atoms with van der Waals surface area (Å²) in [4.78, 5) is 26.6. The summed E-state index contributed by atoms with van der Waals surface area (Å²) in [5.41, 5.74) is 1.26. The number of nitrogens with zero attached hydrogens (tertiary/aromatic N) is 1. The fourth-order valence-electron chi connectivity index (χ4n) is 3.18. The molecule has 1 aromatic rings. The minimum atomic E-state index is -0.480. The summed E-state index contributed by atoms with van der Waals surface area (Å²) in [5, 5.41) is 5.95. The number of carbonyl (C=O) groups excluding carboxylic acids is 2. The molecule has 3 atom stereocenters. The average molecular weight is 384 g/mol. The van der Waals surface area contributed by atoms with E-state index in [0.717, 1.165) is 6.54 Å². The highest BCUT2D eigenvalue weighted by molar-refractivity contribution is 5.97. The third-order valence-corrected chi connectivity index (χ3v) is 4.33. The Morgan fingerprint density at radius 1 is 1.15 bits per heavy atom. The summed E-state index contributed by atoms with van der Waals surface area (Å²) in [6, 6.07) is 6.97. The van der Waals surface area contributed by atoms with Gasteiger partial charge in [-0.15, -0.1) is 12.4 Å². The van der Waals surface area contributed by atoms with Crippen LogP contribution in [0, 0.1) is 0 Å². The number of hydrogen-bond donors (Lipinski definition) is 2. The Hall–Kier alpha value is -1.67. The standard InChI is InChI=1S/C18H25N3O4.ClH/c1-12-10-21(11-13(2)25-12)18(23)14-3-5-15(6-4-14)20-17(22)16-9-19-7-8-24-16;/h3-6,12-13,16,19H,7-11H2,1-2H3,(H,20,22);1H. The molecular weight excluding hydrogens is 358 g/mol. The fourth-order valence-corrected chi connectivity index (χ4v) is 3.18. The SMILES string of the molecule is CC1CN(C(=O)c2ccc(NC(=O)C3CNCCO3)cc2)CC(C)O1.Cl. The second-order valence-corrected chi connectivity index (χ2v) is 6.60. The quantitative estimate of drug-likeness (QED) is 0.822. The smallest absolute Gasteiger partial charge is 0.254 e. The van der Waals surface area contributed by atoms with Crippen molar-refractivity contribution in [3.05, 3.63) is 29.8 Å². The average Bonchev–Trinajstić information content (AvgIpc) is 2.61. The number of carbonyl (C=O) groups is 2. The van der Waals surface area contributed by atoms with E-state index in [-0.39, 0.29) is 36.4 Å². The van der Waals surface area contributed by atoms with Crippen LogP contribution in [0.4, 0.5) is 5.69 Å². The first kappa shape index (κ1) is 20.6. The van der Waals surface area contributed by atoms with Gasteiger partial charge >= 0.3 is 0 Å². The molecule has 8 heteroatoms. The molecule has 2 N–H and O–H groups in total. The summed E-state index contributed by atoms with van der Waals surface area (Å²) >= 11 is 0. The summed E-state index contributed by atoms with van der Waals surface area (Å²) in [6.45, 7) is 6.92. The summed E-state index contributed by atoms with van der Waals surface area (Å²) in [5.74, 6) is -0.193. The second-order valence-electron chi connectivity index (χ2n) is 6.60. The van der Waals surface area contributed by atoms with Gasteiger partial charge in [-0.1, -0.05) is 0 Å². The first-order valence-corrected chi connectivity index (χ1v) is 8.71. The number of benzene rings is 1. The van der Waals surface area contributed by atoms with E-state index in [2.05, 4.69) is 10.6 Å². The van der Waals surface area contributed by atoms with E-state index in [0.29, 0.717) is 37.5 Å². The molecule has 0 aromatic heterocycles. The van der Waals surface area contributed by atoms with Crippen molar-refractivity contribution in [1.82, 2.24) is 10.2 Å². The monoisotopic (exact) mass is 383 g/mol. The number of morpholine rings is 2. The van der Waals surface area contributed by atoms with E-state index in [1.165, 1.54) is 0 Å². The number of rotatable bonds is 3. The van der Waals surface area contributed by atoms with Gasteiger partial charge in [0.15, 0.2) is 0 Å². The zero-order chi connectivity index (χ0) is 17.8. The number of hydrogen-bond acceptors (Lipinski definition) is 5. The van der Waals surface area contributed by atoms with E-state index < -0.39 is 6.10 Å². The van der Waals surface area contributed by atoms with Gasteiger partial charge < -0.3 is 25.0 Å². The van der Waals surface area contributed by atoms with E-state index in [4.69, 9.17) is 9.47 Å². The Labute approximate surface area is 159 Å². The van der Waals surface area contributed by atoms with Gasteiger partial charge in [0.1, 0.15) is 6.10 Å². The first-order valence-electron chi connectivity index (χ1n) is 8.71. The van der Waals surface area contributed by atoms with E-state index in [9.17, 15) is 9.59 Å². The number of nitrogens with one attached hydrogen (secondary N) is 2. The molecule has 0 radical (unpaired) electrons. The first-order chi connectivity index (χ1) is 12.0. The van der Waals surface area contributed by atoms with Gasteiger partial charge in [-0.3, -0.25) is 9.59 Å². The Morgan fingerprint density at radius 2 is 1.81 bits per heavy atom. The molecule has 26 heavy (non-hydrogen) atoms. The van der Waals surface area contributed by atoms with Gasteiger partial charge in [0.25, 0.3) is 11.8 Å². The molecule has 3 unspecified atom stereocenters. The van der Waals surface area contributed by atoms with Gasteiger partial charge in [0.05, 0.1) is 18.8 Å². The van der Waals surface area contributed by atoms with Crippen molar-refractivity contribution in [2.75, 3.05) is 38.1 Å². The molecule has 2 fully saturated rings. The minimum absolute atomic E-state index is 0. The van der Waals surface area contributed by atoms with Crippen LogP contribution in [0.15, 0.2) is 24.3 Å². The normalized spacial score (nSPS) is 25.9. The van der Waals surface area contributed by atoms with Crippen LogP contribution in [0.1, 0.15) is 24.2 Å². The lowest BCUT2D eigenvalue weighted by Crippen LogP contribution is -2.48. The number of ether oxygens (including phenoxy) is 2. The summed E-state index contributed by atoms with van der Waals surface area (Å²) < 4.78 is 11.1. The van der Waals surface area contributed by atoms with Crippen LogP contribution in [-0.4, -0.2) is 67.8 Å². The zero-order valence-electron chi connectivity index (χ0n) is 15.1. The van der Waals surface area contributed by atoms with E-state index >= 15 is 0 Å². The van der Waals surface area contributed by atoms with Crippen molar-refractivity contribution in [3.8, 4) is 0 Å². The van der Waals surface area contributed by atoms with Crippen molar-refractivity contribution in [2.24, 2.45) is 0 Å². The minimum Gasteiger partial charge on any atom is -0.372 e. The topological polar surface area (TPSA) is 79.9 Å². The van der Waals surface area contributed by atoms with Gasteiger partial charge in [-0.25, -0.2) is 0 Å². The lowest BCUT2D eigenvalue weighted by atomic mass is 10.1. The van der Waals surface area contributed by atoms with E-state index in [1.807, 2.05) is 18.7 Å². The maximum absolute atomic E-state index is 12.6. The molecule has 144 valence electrons. The molecule has 0 bridgehead atoms. The van der Waals surface area contributed by atoms with Crippen LogP contribution in [0.25, 0.3) is 0 Å². The third kappa shape index (κ3) is 5.17. The van der Waals surface area contributed by atoms with Crippen LogP contribution in [0.5, 0.6) is 0 Å². The predicted octanol–water partition coefficient (Wildman–Crippen LogP) is 1.28. The lowest BCUT2D eigenvalue weighted by Gasteiger charge is -2.35. The molecule has 2 amide bonds. The molecule has 0 spiro atoms. The Bertz CT molecular complexity index is 609. The summed E-state index contributed by atoms with van der Waals surface area (Å²) in [7, 11) is 0. The fraction of sp³-hybridized carbons (Fsp3) is 0.556. The second kappa shape index (κ2) is 9.32. The molecule has 2 heterocycles. The number of halogens is 1. The molecule has 0 saturated carbocycles. The molecular formula is C18H26ClN3O4. The number of anilines is 1. The lowest BCUT2D eigenvalue weighted by molar-refractivity contribution is -0.128. The molecule has 2 aliphatic heterocycles. The van der Waals surface area contributed by atoms with Crippen LogP contribution < -0.4 is 10.6 Å². The Kier molecular flexibility index (Phi) is 7.40. The third-order valence-electron chi connectivity index (χ3n) is 4.33. The van der Waals surface area contributed by atoms with Crippen molar-refractivity contribution >= 4 is 29.9 Å². The van der Waals surface area contributed by atoms with Crippen molar-refractivity contribution in [3.63, 3.8) is 0 Å². The van der Waals surface area contributed by atoms with Gasteiger partial charge in [-0.05, 0) is 38.1 Å². The molecule has 3 rings (SSSR count). The molecule has 1 aromatic carbocycles. The van der Waals surface area contributed by atoms with Gasteiger partial charge in [0, 0.05) is 37.4 Å². The van der Waals surface area contributed by atoms with Crippen LogP contribution in [0.3, 0.4) is 0 Å². The van der Waals surface area contributed by atoms with Crippen molar-refractivity contribution < 1.29 is 19.1 Å². The summed E-state index contributed by atoms with van der Waals surface area (Å²) in [6.07, 6.45) is -0.405. The molecule has 7 nitrogen and oxygen atoms in total. The zero-order valence-corrected chi connectivity index (χ0v) is 15.9. The van der Waals surface area contributed by atoms with Crippen molar-refractivity contribution in [2.45, 2.75) is 32.2 Å². The van der Waals surface area contributed by atoms with Crippen LogP contribution in [0.2, 0.25) is 0 Å². The number of amides is 2. The van der Waals surface area contributed by atoms with Gasteiger partial charge in [0.2, 0.25) is 0 Å². The highest BCUT2D eigenvalue weighted by Gasteiger charge is 2.26. The molecule has 0 aliphatic carbocycles. The highest BCUT2D eigenvalue weighted by Crippen LogP contribution is 2.16. The molecule has 2 saturated heterocycles. The maximum atomic E-state index is 12.6. The maximum Gasteiger partial charge on any atom is 0.254 e. The molecule has 2 aliphatic rings. The highest BCUT2D eigenvalue weighted by atomic mass is 35.5. The Morgan fingerprint density at radius 3 is 2.38 bits per heavy atom. The van der Waals surface area contributed by atoms with Crippen molar-refractivity contribution in [1.29, 1.82) is 0 Å². The predicted molar refractivity (Wildman–Crippen MR) is 101 cm³/mol. The van der Waals surface area contributed by atoms with Crippen LogP contribution >= 0.6 is 12.4 Å². The van der Waals surface area contributed by atoms with Crippen LogP contribution in [-0.2, 0) is 14.3 Å². The Balaban J connectivity index is 0.00000243. The van der Waals surface area contributed by atoms with Gasteiger partial charge in [-0.2, -0.15) is 0 Å². The largest absolute Gasteiger partial charge is 0.372 e. The van der Waals surface area contributed by atoms with E-state index in [1.54, 1.807) is 24.3 Å².